The van der Waals surface area contributed by atoms with Gasteiger partial charge in [-0.05, 0) is 56.2 Å². The molecule has 3 heterocycles. The van der Waals surface area contributed by atoms with Gasteiger partial charge in [0.25, 0.3) is 0 Å². The molecule has 0 amide bonds. The molecular weight excluding hydrogens is 410 g/mol. The summed E-state index contributed by atoms with van der Waals surface area (Å²) in [5, 5.41) is 24.9. The summed E-state index contributed by atoms with van der Waals surface area (Å²) in [5.41, 5.74) is 1.14. The number of ketones is 1. The molecule has 7 rings (SSSR count). The number of carbonyl (C=O) groups excluding carboxylic acids is 1. The summed E-state index contributed by atoms with van der Waals surface area (Å²) in [6.07, 6.45) is 5.35. The van der Waals surface area contributed by atoms with E-state index in [9.17, 15) is 9.90 Å². The first-order valence-electron chi connectivity index (χ1n) is 11.8. The maximum atomic E-state index is 13.2. The van der Waals surface area contributed by atoms with Crippen molar-refractivity contribution in [3.8, 4) is 11.5 Å². The molecule has 1 aromatic heterocycles. The molecule has 2 bridgehead atoms. The molecule has 2 aliphatic heterocycles. The van der Waals surface area contributed by atoms with E-state index in [0.717, 1.165) is 37.4 Å². The summed E-state index contributed by atoms with van der Waals surface area (Å²) < 4.78 is 13.2. The van der Waals surface area contributed by atoms with Gasteiger partial charge in [0.2, 0.25) is 0 Å². The number of likely N-dealkylation sites (tertiary alicyclic amines) is 1. The third kappa shape index (κ3) is 2.35. The van der Waals surface area contributed by atoms with E-state index >= 15 is 0 Å². The van der Waals surface area contributed by atoms with Gasteiger partial charge in [0.05, 0.1) is 17.6 Å². The lowest BCUT2D eigenvalue weighted by molar-refractivity contribution is -0.213. The highest BCUT2D eigenvalue weighted by Gasteiger charge is 2.74. The Morgan fingerprint density at radius 2 is 2.22 bits per heavy atom. The fraction of sp³-hybridized carbons (Fsp3) is 0.652. The number of aromatic amines is 1. The summed E-state index contributed by atoms with van der Waals surface area (Å²) in [7, 11) is 0. The Bertz CT molecular complexity index is 1090. The van der Waals surface area contributed by atoms with Crippen molar-refractivity contribution in [3.63, 3.8) is 0 Å². The van der Waals surface area contributed by atoms with E-state index in [4.69, 9.17) is 9.47 Å². The lowest BCUT2D eigenvalue weighted by Gasteiger charge is -2.64. The average Bonchev–Trinajstić information content (AvgIpc) is 3.30. The van der Waals surface area contributed by atoms with E-state index in [0.29, 0.717) is 37.4 Å². The number of phenols is 1. The van der Waals surface area contributed by atoms with Crippen molar-refractivity contribution in [2.24, 2.45) is 5.92 Å². The Balaban J connectivity index is 1.36. The molecular formula is C23H27N5O4. The maximum absolute atomic E-state index is 13.2. The molecule has 1 spiro atoms. The van der Waals surface area contributed by atoms with Crippen LogP contribution < -0.4 is 4.74 Å². The van der Waals surface area contributed by atoms with Crippen LogP contribution in [0.1, 0.15) is 49.1 Å². The number of nitrogens with zero attached hydrogens (tertiary/aromatic N) is 4. The third-order valence-electron chi connectivity index (χ3n) is 8.59. The standard InChI is InChI=1S/C23H27N5O4/c29-15-4-3-14-11-17-23(31-10-6-18-24-26-27-25-18)7-5-16(30)21-22(23,19(14)20(15)32-21)8-9-28(17)12-13-1-2-13/h3-4,13,17,21,29H,1-2,5-12H2,(H,24,25,26,27)/t17-,21+,22+,23?/m1/s1. The lowest BCUT2D eigenvalue weighted by atomic mass is 9.48. The van der Waals surface area contributed by atoms with Crippen LogP contribution in [0.25, 0.3) is 0 Å². The average molecular weight is 438 g/mol. The first kappa shape index (κ1) is 19.0. The number of piperidine rings is 1. The Hall–Kier alpha value is -2.52. The number of carbonyl (C=O) groups is 1. The molecule has 0 radical (unpaired) electrons. The topological polar surface area (TPSA) is 113 Å². The second-order valence-electron chi connectivity index (χ2n) is 10.1. The van der Waals surface area contributed by atoms with Gasteiger partial charge in [0, 0.05) is 31.0 Å². The Kier molecular flexibility index (Phi) is 3.86. The second kappa shape index (κ2) is 6.51. The van der Waals surface area contributed by atoms with Crippen molar-refractivity contribution in [1.29, 1.82) is 0 Å². The highest BCUT2D eigenvalue weighted by molar-refractivity contribution is 5.90. The highest BCUT2D eigenvalue weighted by atomic mass is 16.5. The minimum absolute atomic E-state index is 0.125. The van der Waals surface area contributed by atoms with E-state index in [1.165, 1.54) is 18.4 Å². The van der Waals surface area contributed by atoms with Gasteiger partial charge in [-0.3, -0.25) is 9.69 Å². The van der Waals surface area contributed by atoms with E-state index in [-0.39, 0.29) is 17.6 Å². The molecule has 5 aliphatic rings. The van der Waals surface area contributed by atoms with Crippen LogP contribution in [-0.4, -0.2) is 73.9 Å². The van der Waals surface area contributed by atoms with Gasteiger partial charge in [0.1, 0.15) is 0 Å². The van der Waals surface area contributed by atoms with Crippen molar-refractivity contribution in [3.05, 3.63) is 29.1 Å². The minimum Gasteiger partial charge on any atom is -0.504 e. The van der Waals surface area contributed by atoms with Gasteiger partial charge in [-0.1, -0.05) is 11.3 Å². The van der Waals surface area contributed by atoms with Gasteiger partial charge >= 0.3 is 0 Å². The SMILES string of the molecule is O=C1CCC2(OCCc3nn[nH]n3)[C@H]3Cc4ccc(O)c5c4[C@@]2(CCN3CC2CC2)[C@H]1O5. The fourth-order valence-electron chi connectivity index (χ4n) is 7.14. The van der Waals surface area contributed by atoms with Crippen molar-refractivity contribution in [2.45, 2.75) is 68.1 Å². The van der Waals surface area contributed by atoms with E-state index in [1.807, 2.05) is 6.07 Å². The van der Waals surface area contributed by atoms with Gasteiger partial charge in [-0.15, -0.1) is 10.2 Å². The number of hydrogen-bond donors (Lipinski definition) is 2. The number of aromatic hydroxyl groups is 1. The molecule has 3 aliphatic carbocycles. The molecule has 9 nitrogen and oxygen atoms in total. The maximum Gasteiger partial charge on any atom is 0.176 e. The smallest absolute Gasteiger partial charge is 0.176 e. The molecule has 4 atom stereocenters. The van der Waals surface area contributed by atoms with E-state index < -0.39 is 17.1 Å². The molecule has 1 unspecified atom stereocenters. The lowest BCUT2D eigenvalue weighted by Crippen LogP contribution is -2.77. The van der Waals surface area contributed by atoms with Crippen molar-refractivity contribution < 1.29 is 19.4 Å². The number of aromatic nitrogens is 4. The summed E-state index contributed by atoms with van der Waals surface area (Å²) in [5.74, 6) is 2.15. The zero-order valence-corrected chi connectivity index (χ0v) is 17.9. The molecule has 32 heavy (non-hydrogen) atoms. The highest BCUT2D eigenvalue weighted by Crippen LogP contribution is 2.66. The van der Waals surface area contributed by atoms with E-state index in [1.54, 1.807) is 6.07 Å². The van der Waals surface area contributed by atoms with Gasteiger partial charge < -0.3 is 14.6 Å². The molecule has 2 aromatic rings. The van der Waals surface area contributed by atoms with Crippen molar-refractivity contribution >= 4 is 5.78 Å². The zero-order valence-electron chi connectivity index (χ0n) is 17.9. The third-order valence-corrected chi connectivity index (χ3v) is 8.59. The summed E-state index contributed by atoms with van der Waals surface area (Å²) in [6, 6.07) is 3.93. The number of phenolic OH excluding ortho intramolecular Hbond substituents is 1. The second-order valence-corrected chi connectivity index (χ2v) is 10.1. The number of ether oxygens (including phenoxy) is 2. The Labute approximate surface area is 185 Å². The predicted molar refractivity (Wildman–Crippen MR) is 111 cm³/mol. The molecule has 2 N–H and O–H groups in total. The van der Waals surface area contributed by atoms with Crippen molar-refractivity contribution in [1.82, 2.24) is 25.5 Å². The Morgan fingerprint density at radius 1 is 1.31 bits per heavy atom. The number of Topliss-reactive ketones (excluding diaryl/α,β-unsaturated/α-hetero) is 1. The summed E-state index contributed by atoms with van der Waals surface area (Å²) in [4.78, 5) is 15.8. The molecule has 9 heteroatoms. The first-order valence-corrected chi connectivity index (χ1v) is 11.8. The minimum atomic E-state index is -0.589. The van der Waals surface area contributed by atoms with Crippen LogP contribution in [0.2, 0.25) is 0 Å². The molecule has 3 fully saturated rings. The fourth-order valence-corrected chi connectivity index (χ4v) is 7.14. The summed E-state index contributed by atoms with van der Waals surface area (Å²) in [6.45, 7) is 2.48. The monoisotopic (exact) mass is 437 g/mol. The number of H-pyrrole nitrogens is 1. The molecule has 1 aromatic carbocycles. The van der Waals surface area contributed by atoms with Gasteiger partial charge in [0.15, 0.2) is 29.2 Å². The van der Waals surface area contributed by atoms with Gasteiger partial charge in [-0.2, -0.15) is 5.21 Å². The number of rotatable bonds is 6. The molecule has 2 saturated carbocycles. The van der Waals surface area contributed by atoms with Gasteiger partial charge in [-0.25, -0.2) is 0 Å². The summed E-state index contributed by atoms with van der Waals surface area (Å²) >= 11 is 0. The number of tetrazole rings is 1. The van der Waals surface area contributed by atoms with Crippen LogP contribution in [0.15, 0.2) is 12.1 Å². The quantitative estimate of drug-likeness (QED) is 0.695. The zero-order chi connectivity index (χ0) is 21.5. The van der Waals surface area contributed by atoms with Crippen LogP contribution in [0.5, 0.6) is 11.5 Å². The largest absolute Gasteiger partial charge is 0.504 e. The van der Waals surface area contributed by atoms with Crippen LogP contribution in [0, 0.1) is 5.92 Å². The Morgan fingerprint density at radius 3 is 3.03 bits per heavy atom. The number of hydrogen-bond acceptors (Lipinski definition) is 8. The number of benzene rings is 1. The van der Waals surface area contributed by atoms with Crippen LogP contribution in [0.3, 0.4) is 0 Å². The molecule has 1 saturated heterocycles. The van der Waals surface area contributed by atoms with Crippen LogP contribution >= 0.6 is 0 Å². The van der Waals surface area contributed by atoms with E-state index in [2.05, 4.69) is 25.5 Å². The normalized spacial score (nSPS) is 34.9. The van der Waals surface area contributed by atoms with Crippen LogP contribution in [-0.2, 0) is 27.8 Å². The first-order chi connectivity index (χ1) is 15.6. The van der Waals surface area contributed by atoms with Crippen LogP contribution in [0.4, 0.5) is 0 Å². The van der Waals surface area contributed by atoms with Crippen molar-refractivity contribution in [2.75, 3.05) is 19.7 Å². The number of nitrogens with one attached hydrogen (secondary N) is 1. The predicted octanol–water partition coefficient (Wildman–Crippen LogP) is 1.31. The molecule has 168 valence electrons.